The van der Waals surface area contributed by atoms with Crippen LogP contribution in [0.3, 0.4) is 0 Å². The first-order valence-corrected chi connectivity index (χ1v) is 5.46. The third kappa shape index (κ3) is 3.12. The molecule has 1 aromatic carbocycles. The highest BCUT2D eigenvalue weighted by molar-refractivity contribution is 5.88. The molecule has 104 valence electrons. The summed E-state index contributed by atoms with van der Waals surface area (Å²) in [5.74, 6) is 0. The van der Waals surface area contributed by atoms with Crippen molar-refractivity contribution in [2.75, 3.05) is 25.1 Å². The van der Waals surface area contributed by atoms with Crippen LogP contribution in [0.25, 0.3) is 0 Å². The molecule has 1 fully saturated rings. The predicted molar refractivity (Wildman–Crippen MR) is 71.9 cm³/mol. The number of nitro groups is 1. The lowest BCUT2D eigenvalue weighted by atomic mass is 10.1. The maximum Gasteiger partial charge on any atom is 0.414 e. The highest BCUT2D eigenvalue weighted by Gasteiger charge is 2.30. The minimum absolute atomic E-state index is 0. The van der Waals surface area contributed by atoms with Crippen molar-refractivity contribution in [3.8, 4) is 0 Å². The average molecular weight is 288 g/mol. The summed E-state index contributed by atoms with van der Waals surface area (Å²) >= 11 is 0. The average Bonchev–Trinajstić information content (AvgIpc) is 2.32. The van der Waals surface area contributed by atoms with Crippen LogP contribution in [-0.4, -0.2) is 37.3 Å². The minimum atomic E-state index is -0.475. The smallest absolute Gasteiger partial charge is 0.414 e. The molecule has 1 saturated heterocycles. The van der Waals surface area contributed by atoms with Gasteiger partial charge in [-0.1, -0.05) is 0 Å². The molecule has 0 unspecified atom stereocenters. The molecule has 1 aliphatic heterocycles. The number of nitrogens with zero attached hydrogens (tertiary/aromatic N) is 2. The van der Waals surface area contributed by atoms with Crippen molar-refractivity contribution < 1.29 is 14.5 Å². The molecule has 0 saturated carbocycles. The van der Waals surface area contributed by atoms with Gasteiger partial charge in [-0.15, -0.1) is 12.4 Å². The van der Waals surface area contributed by atoms with Crippen molar-refractivity contribution in [3.05, 3.63) is 34.4 Å². The zero-order valence-corrected chi connectivity index (χ0v) is 11.1. The van der Waals surface area contributed by atoms with Crippen LogP contribution in [0.2, 0.25) is 0 Å². The van der Waals surface area contributed by atoms with E-state index in [0.29, 0.717) is 18.8 Å². The Morgan fingerprint density at radius 2 is 2.00 bits per heavy atom. The third-order valence-corrected chi connectivity index (χ3v) is 2.84. The highest BCUT2D eigenvalue weighted by atomic mass is 35.5. The molecule has 1 aromatic rings. The second-order valence-electron chi connectivity index (χ2n) is 3.93. The van der Waals surface area contributed by atoms with Crippen LogP contribution in [0, 0.1) is 10.1 Å². The first-order valence-electron chi connectivity index (χ1n) is 5.46. The molecule has 0 aromatic heterocycles. The summed E-state index contributed by atoms with van der Waals surface area (Å²) in [6.07, 6.45) is -0.463. The van der Waals surface area contributed by atoms with E-state index in [2.05, 4.69) is 5.32 Å². The van der Waals surface area contributed by atoms with Crippen molar-refractivity contribution in [2.24, 2.45) is 0 Å². The molecule has 1 N–H and O–H groups in total. The summed E-state index contributed by atoms with van der Waals surface area (Å²) in [6.45, 7) is 1.37. The number of nitro benzene ring substituents is 1. The van der Waals surface area contributed by atoms with E-state index < -0.39 is 11.0 Å². The van der Waals surface area contributed by atoms with Gasteiger partial charge in [0.25, 0.3) is 5.69 Å². The van der Waals surface area contributed by atoms with E-state index in [1.807, 2.05) is 0 Å². The van der Waals surface area contributed by atoms with E-state index >= 15 is 0 Å². The van der Waals surface area contributed by atoms with Gasteiger partial charge in [-0.3, -0.25) is 15.0 Å². The first kappa shape index (κ1) is 15.2. The van der Waals surface area contributed by atoms with Crippen LogP contribution < -0.4 is 10.2 Å². The van der Waals surface area contributed by atoms with E-state index in [-0.39, 0.29) is 24.1 Å². The van der Waals surface area contributed by atoms with Gasteiger partial charge < -0.3 is 10.1 Å². The summed E-state index contributed by atoms with van der Waals surface area (Å²) in [4.78, 5) is 23.3. The number of non-ortho nitro benzene ring substituents is 1. The van der Waals surface area contributed by atoms with Crippen LogP contribution >= 0.6 is 12.4 Å². The van der Waals surface area contributed by atoms with E-state index in [4.69, 9.17) is 4.74 Å². The van der Waals surface area contributed by atoms with Crippen LogP contribution in [0.1, 0.15) is 0 Å². The number of hydrogen-bond acceptors (Lipinski definition) is 5. The Morgan fingerprint density at radius 1 is 1.42 bits per heavy atom. The molecule has 0 radical (unpaired) electrons. The maximum absolute atomic E-state index is 11.7. The van der Waals surface area contributed by atoms with Crippen molar-refractivity contribution in [3.63, 3.8) is 0 Å². The number of benzene rings is 1. The predicted octanol–water partition coefficient (Wildman–Crippen LogP) is 1.56. The fourth-order valence-electron chi connectivity index (χ4n) is 1.75. The molecule has 19 heavy (non-hydrogen) atoms. The summed E-state index contributed by atoms with van der Waals surface area (Å²) < 4.78 is 4.73. The molecule has 0 aliphatic carbocycles. The second-order valence-corrected chi connectivity index (χ2v) is 3.93. The summed E-state index contributed by atoms with van der Waals surface area (Å²) in [7, 11) is 1.31. The van der Waals surface area contributed by atoms with Crippen molar-refractivity contribution in [1.82, 2.24) is 5.32 Å². The second kappa shape index (κ2) is 6.35. The van der Waals surface area contributed by atoms with Gasteiger partial charge in [0.2, 0.25) is 0 Å². The largest absolute Gasteiger partial charge is 0.452 e. The number of methoxy groups -OCH3 is 1. The standard InChI is InChI=1S/C11H13N3O4.ClH/c1-18-11(15)13(10-6-12-7-10)8-2-4-9(5-3-8)14(16)17;/h2-5,10,12H,6-7H2,1H3;1H. The monoisotopic (exact) mass is 287 g/mol. The van der Waals surface area contributed by atoms with Crippen molar-refractivity contribution in [2.45, 2.75) is 6.04 Å². The molecule has 7 nitrogen and oxygen atoms in total. The summed E-state index contributed by atoms with van der Waals surface area (Å²) in [5, 5.41) is 13.6. The Balaban J connectivity index is 0.00000180. The van der Waals surface area contributed by atoms with E-state index in [1.165, 1.54) is 24.1 Å². The molecule has 2 rings (SSSR count). The van der Waals surface area contributed by atoms with Gasteiger partial charge in [-0.25, -0.2) is 4.79 Å². The van der Waals surface area contributed by atoms with Crippen molar-refractivity contribution in [1.29, 1.82) is 0 Å². The fourth-order valence-corrected chi connectivity index (χ4v) is 1.75. The zero-order chi connectivity index (χ0) is 13.1. The Morgan fingerprint density at radius 3 is 2.37 bits per heavy atom. The summed E-state index contributed by atoms with van der Waals surface area (Å²) in [5.41, 5.74) is 0.592. The summed E-state index contributed by atoms with van der Waals surface area (Å²) in [6, 6.07) is 5.87. The fraction of sp³-hybridized carbons (Fsp3) is 0.364. The van der Waals surface area contributed by atoms with Crippen molar-refractivity contribution >= 4 is 29.9 Å². The number of halogens is 1. The number of carbonyl (C=O) groups is 1. The molecule has 0 spiro atoms. The number of ether oxygens (including phenoxy) is 1. The maximum atomic E-state index is 11.7. The van der Waals surface area contributed by atoms with Crippen LogP contribution in [0.15, 0.2) is 24.3 Å². The Labute approximate surface area is 116 Å². The number of rotatable bonds is 3. The Hall–Kier alpha value is -1.86. The third-order valence-electron chi connectivity index (χ3n) is 2.84. The van der Waals surface area contributed by atoms with E-state index in [9.17, 15) is 14.9 Å². The van der Waals surface area contributed by atoms with Gasteiger partial charge in [0, 0.05) is 30.9 Å². The first-order chi connectivity index (χ1) is 8.63. The Kier molecular flexibility index (Phi) is 5.08. The molecular formula is C11H14ClN3O4. The molecule has 1 amide bonds. The van der Waals surface area contributed by atoms with Gasteiger partial charge in [0.1, 0.15) is 0 Å². The lowest BCUT2D eigenvalue weighted by Crippen LogP contribution is -2.59. The molecule has 8 heteroatoms. The lowest BCUT2D eigenvalue weighted by molar-refractivity contribution is -0.384. The SMILES string of the molecule is COC(=O)N(c1ccc([N+](=O)[O-])cc1)C1CNC1.Cl. The van der Waals surface area contributed by atoms with Crippen LogP contribution in [-0.2, 0) is 4.74 Å². The molecule has 1 heterocycles. The zero-order valence-electron chi connectivity index (χ0n) is 10.2. The van der Waals surface area contributed by atoms with Crippen LogP contribution in [0.5, 0.6) is 0 Å². The van der Waals surface area contributed by atoms with Gasteiger partial charge >= 0.3 is 6.09 Å². The number of hydrogen-bond donors (Lipinski definition) is 1. The number of carbonyl (C=O) groups excluding carboxylic acids is 1. The molecule has 1 aliphatic rings. The van der Waals surface area contributed by atoms with Gasteiger partial charge in [0.05, 0.1) is 18.1 Å². The molecule has 0 atom stereocenters. The van der Waals surface area contributed by atoms with Gasteiger partial charge in [0.15, 0.2) is 0 Å². The Bertz CT molecular complexity index is 462. The highest BCUT2D eigenvalue weighted by Crippen LogP contribution is 2.23. The van der Waals surface area contributed by atoms with Gasteiger partial charge in [-0.2, -0.15) is 0 Å². The number of nitrogens with one attached hydrogen (secondary N) is 1. The number of amides is 1. The number of anilines is 1. The van der Waals surface area contributed by atoms with E-state index in [0.717, 1.165) is 0 Å². The lowest BCUT2D eigenvalue weighted by Gasteiger charge is -2.37. The van der Waals surface area contributed by atoms with Gasteiger partial charge in [-0.05, 0) is 12.1 Å². The topological polar surface area (TPSA) is 84.7 Å². The quantitative estimate of drug-likeness (QED) is 0.673. The molecular weight excluding hydrogens is 274 g/mol. The normalized spacial score (nSPS) is 13.9. The van der Waals surface area contributed by atoms with E-state index in [1.54, 1.807) is 12.1 Å². The van der Waals surface area contributed by atoms with Crippen LogP contribution in [0.4, 0.5) is 16.2 Å². The molecule has 0 bridgehead atoms. The minimum Gasteiger partial charge on any atom is -0.452 e.